The van der Waals surface area contributed by atoms with Crippen molar-refractivity contribution in [1.82, 2.24) is 10.3 Å². The monoisotopic (exact) mass is 307 g/mol. The van der Waals surface area contributed by atoms with Crippen molar-refractivity contribution in [1.29, 1.82) is 0 Å². The number of fused-ring (bicyclic) bond motifs is 1. The van der Waals surface area contributed by atoms with Gasteiger partial charge in [-0.1, -0.05) is 17.8 Å². The molecule has 2 amide bonds. The van der Waals surface area contributed by atoms with Crippen LogP contribution in [-0.2, 0) is 9.59 Å². The van der Waals surface area contributed by atoms with Crippen LogP contribution >= 0.6 is 11.8 Å². The molecule has 1 aromatic carbocycles. The lowest BCUT2D eigenvalue weighted by molar-refractivity contribution is -0.129. The Morgan fingerprint density at radius 1 is 1.33 bits per heavy atom. The molecule has 110 valence electrons. The average molecular weight is 307 g/mol. The van der Waals surface area contributed by atoms with Gasteiger partial charge in [-0.2, -0.15) is 0 Å². The van der Waals surface area contributed by atoms with Gasteiger partial charge < -0.3 is 14.8 Å². The van der Waals surface area contributed by atoms with E-state index in [1.165, 1.54) is 30.6 Å². The summed E-state index contributed by atoms with van der Waals surface area (Å²) < 4.78 is 10.6. The topological polar surface area (TPSA) is 80.2 Å². The van der Waals surface area contributed by atoms with Gasteiger partial charge in [-0.25, -0.2) is 5.01 Å². The van der Waals surface area contributed by atoms with Crippen LogP contribution < -0.4 is 14.8 Å². The lowest BCUT2D eigenvalue weighted by Crippen LogP contribution is -2.25. The molecule has 0 spiro atoms. The molecule has 0 aromatic heterocycles. The molecule has 3 rings (SSSR count). The van der Waals surface area contributed by atoms with E-state index in [9.17, 15) is 9.59 Å². The Kier molecular flexibility index (Phi) is 3.46. The summed E-state index contributed by atoms with van der Waals surface area (Å²) in [6.07, 6.45) is 0. The molecule has 8 heteroatoms. The molecule has 1 aromatic rings. The number of hydrazone groups is 1. The molecule has 0 bridgehead atoms. The summed E-state index contributed by atoms with van der Waals surface area (Å²) in [6, 6.07) is 5.47. The van der Waals surface area contributed by atoms with Gasteiger partial charge in [0, 0.05) is 13.8 Å². The molecular weight excluding hydrogens is 294 g/mol. The van der Waals surface area contributed by atoms with Gasteiger partial charge in [-0.05, 0) is 17.7 Å². The summed E-state index contributed by atoms with van der Waals surface area (Å²) in [5, 5.41) is 8.15. The number of thioether (sulfide) groups is 1. The van der Waals surface area contributed by atoms with Gasteiger partial charge in [0.25, 0.3) is 0 Å². The standard InChI is InChI=1S/C13H13N3O4S/c1-7(17)14-13-15-16(8(2)18)12(21-13)9-3-4-10-11(5-9)20-6-19-10/h3-5,12H,6H2,1-2H3,(H,14,15,17)/t12-/m1/s1. The zero-order chi connectivity index (χ0) is 15.0. The van der Waals surface area contributed by atoms with Crippen LogP contribution in [0.2, 0.25) is 0 Å². The van der Waals surface area contributed by atoms with Crippen LogP contribution in [0.4, 0.5) is 0 Å². The highest BCUT2D eigenvalue weighted by Crippen LogP contribution is 2.42. The van der Waals surface area contributed by atoms with Gasteiger partial charge in [-0.15, -0.1) is 5.10 Å². The van der Waals surface area contributed by atoms with Crippen molar-refractivity contribution in [3.8, 4) is 11.5 Å². The number of carbonyl (C=O) groups excluding carboxylic acids is 2. The smallest absolute Gasteiger partial charge is 0.241 e. The van der Waals surface area contributed by atoms with E-state index in [0.29, 0.717) is 16.7 Å². The van der Waals surface area contributed by atoms with E-state index in [1.807, 2.05) is 12.1 Å². The fourth-order valence-corrected chi connectivity index (χ4v) is 3.17. The van der Waals surface area contributed by atoms with E-state index in [0.717, 1.165) is 5.56 Å². The van der Waals surface area contributed by atoms with Crippen LogP contribution in [0.25, 0.3) is 0 Å². The van der Waals surface area contributed by atoms with E-state index in [1.54, 1.807) is 6.07 Å². The molecular formula is C13H13N3O4S. The molecule has 2 aliphatic rings. The fourth-order valence-electron chi connectivity index (χ4n) is 2.05. The second kappa shape index (κ2) is 5.28. The Bertz CT molecular complexity index is 646. The third-order valence-electron chi connectivity index (χ3n) is 2.93. The predicted molar refractivity (Wildman–Crippen MR) is 76.7 cm³/mol. The normalized spacial score (nSPS) is 19.4. The summed E-state index contributed by atoms with van der Waals surface area (Å²) in [4.78, 5) is 22.9. The van der Waals surface area contributed by atoms with E-state index in [2.05, 4.69) is 10.4 Å². The molecule has 0 unspecified atom stereocenters. The number of ether oxygens (including phenoxy) is 2. The van der Waals surface area contributed by atoms with E-state index in [-0.39, 0.29) is 24.0 Å². The number of nitrogens with one attached hydrogen (secondary N) is 1. The molecule has 1 N–H and O–H groups in total. The fraction of sp³-hybridized carbons (Fsp3) is 0.308. The van der Waals surface area contributed by atoms with Crippen molar-refractivity contribution in [3.05, 3.63) is 23.8 Å². The molecule has 1 atom stereocenters. The Morgan fingerprint density at radius 3 is 2.81 bits per heavy atom. The minimum Gasteiger partial charge on any atom is -0.454 e. The summed E-state index contributed by atoms with van der Waals surface area (Å²) in [5.74, 6) is 0.894. The molecule has 0 fully saturated rings. The highest BCUT2D eigenvalue weighted by molar-refractivity contribution is 8.14. The Balaban J connectivity index is 1.87. The average Bonchev–Trinajstić information content (AvgIpc) is 3.02. The number of carbonyl (C=O) groups is 2. The van der Waals surface area contributed by atoms with Crippen molar-refractivity contribution >= 4 is 28.7 Å². The number of hydrogen-bond acceptors (Lipinski definition) is 6. The molecule has 7 nitrogen and oxygen atoms in total. The molecule has 21 heavy (non-hydrogen) atoms. The van der Waals surface area contributed by atoms with Gasteiger partial charge in [-0.3, -0.25) is 9.59 Å². The van der Waals surface area contributed by atoms with Crippen molar-refractivity contribution < 1.29 is 19.1 Å². The Labute approximate surface area is 125 Å². The lowest BCUT2D eigenvalue weighted by atomic mass is 10.2. The van der Waals surface area contributed by atoms with Gasteiger partial charge in [0.2, 0.25) is 18.6 Å². The number of amidine groups is 1. The first-order chi connectivity index (χ1) is 10.0. The molecule has 0 saturated heterocycles. The molecule has 0 aliphatic carbocycles. The third kappa shape index (κ3) is 2.66. The van der Waals surface area contributed by atoms with Crippen molar-refractivity contribution in [3.63, 3.8) is 0 Å². The molecule has 0 radical (unpaired) electrons. The largest absolute Gasteiger partial charge is 0.454 e. The van der Waals surface area contributed by atoms with Gasteiger partial charge >= 0.3 is 0 Å². The van der Waals surface area contributed by atoms with Gasteiger partial charge in [0.15, 0.2) is 16.7 Å². The number of hydrogen-bond donors (Lipinski definition) is 1. The summed E-state index contributed by atoms with van der Waals surface area (Å²) in [7, 11) is 0. The first-order valence-electron chi connectivity index (χ1n) is 6.27. The SMILES string of the molecule is CC(=O)NC1=NN(C(C)=O)[C@@H](c2ccc3c(c2)OCO3)S1. The maximum Gasteiger partial charge on any atom is 0.241 e. The van der Waals surface area contributed by atoms with Crippen molar-refractivity contribution in [2.75, 3.05) is 6.79 Å². The summed E-state index contributed by atoms with van der Waals surface area (Å²) >= 11 is 1.30. The molecule has 2 heterocycles. The maximum atomic E-state index is 11.7. The summed E-state index contributed by atoms with van der Waals surface area (Å²) in [5.41, 5.74) is 0.851. The number of rotatable bonds is 1. The Morgan fingerprint density at radius 2 is 2.10 bits per heavy atom. The number of nitrogens with zero attached hydrogens (tertiary/aromatic N) is 2. The van der Waals surface area contributed by atoms with Crippen LogP contribution in [0.3, 0.4) is 0 Å². The number of amides is 2. The van der Waals surface area contributed by atoms with E-state index >= 15 is 0 Å². The summed E-state index contributed by atoms with van der Waals surface area (Å²) in [6.45, 7) is 3.02. The van der Waals surface area contributed by atoms with Crippen molar-refractivity contribution in [2.24, 2.45) is 5.10 Å². The second-order valence-electron chi connectivity index (χ2n) is 4.53. The first kappa shape index (κ1) is 13.7. The van der Waals surface area contributed by atoms with Gasteiger partial charge in [0.05, 0.1) is 0 Å². The van der Waals surface area contributed by atoms with Gasteiger partial charge in [0.1, 0.15) is 5.37 Å². The van der Waals surface area contributed by atoms with Crippen LogP contribution in [0, 0.1) is 0 Å². The lowest BCUT2D eigenvalue weighted by Gasteiger charge is -2.19. The van der Waals surface area contributed by atoms with E-state index in [4.69, 9.17) is 9.47 Å². The molecule has 0 saturated carbocycles. The minimum absolute atomic E-state index is 0.195. The Hall–Kier alpha value is -2.22. The van der Waals surface area contributed by atoms with E-state index < -0.39 is 0 Å². The zero-order valence-corrected chi connectivity index (χ0v) is 12.3. The first-order valence-corrected chi connectivity index (χ1v) is 7.15. The highest BCUT2D eigenvalue weighted by Gasteiger charge is 2.33. The number of benzene rings is 1. The predicted octanol–water partition coefficient (Wildman–Crippen LogP) is 1.42. The second-order valence-corrected chi connectivity index (χ2v) is 5.60. The maximum absolute atomic E-state index is 11.7. The highest BCUT2D eigenvalue weighted by atomic mass is 32.2. The van der Waals surface area contributed by atoms with Crippen molar-refractivity contribution in [2.45, 2.75) is 19.2 Å². The van der Waals surface area contributed by atoms with Crippen LogP contribution in [0.5, 0.6) is 11.5 Å². The quantitative estimate of drug-likeness (QED) is 0.848. The molecule has 2 aliphatic heterocycles. The van der Waals surface area contributed by atoms with Crippen LogP contribution in [0.1, 0.15) is 24.8 Å². The zero-order valence-electron chi connectivity index (χ0n) is 11.5. The van der Waals surface area contributed by atoms with Crippen LogP contribution in [-0.4, -0.2) is 28.8 Å². The van der Waals surface area contributed by atoms with Crippen LogP contribution in [0.15, 0.2) is 23.3 Å². The minimum atomic E-state index is -0.334. The third-order valence-corrected chi connectivity index (χ3v) is 4.03.